The van der Waals surface area contributed by atoms with Gasteiger partial charge in [-0.25, -0.2) is 0 Å². The molecule has 0 bridgehead atoms. The third kappa shape index (κ3) is 2.72. The van der Waals surface area contributed by atoms with Gasteiger partial charge in [0, 0.05) is 19.0 Å². The summed E-state index contributed by atoms with van der Waals surface area (Å²) in [5.41, 5.74) is 3.85. The van der Waals surface area contributed by atoms with Crippen LogP contribution in [-0.2, 0) is 4.79 Å². The average Bonchev–Trinajstić information content (AvgIpc) is 2.75. The fraction of sp³-hybridized carbons (Fsp3) is 0.533. The van der Waals surface area contributed by atoms with E-state index >= 15 is 0 Å². The predicted octanol–water partition coefficient (Wildman–Crippen LogP) is 2.00. The van der Waals surface area contributed by atoms with Gasteiger partial charge in [0.1, 0.15) is 6.10 Å². The topological polar surface area (TPSA) is 40.5 Å². The molecule has 0 radical (unpaired) electrons. The highest BCUT2D eigenvalue weighted by Gasteiger charge is 2.29. The Balaban J connectivity index is 2.11. The number of carbonyl (C=O) groups excluding carboxylic acids is 1. The molecule has 98 valence electrons. The van der Waals surface area contributed by atoms with E-state index in [2.05, 4.69) is 32.0 Å². The Morgan fingerprint density at radius 1 is 1.33 bits per heavy atom. The number of hydrogen-bond donors (Lipinski definition) is 1. The van der Waals surface area contributed by atoms with Crippen molar-refractivity contribution in [1.82, 2.24) is 4.90 Å². The van der Waals surface area contributed by atoms with Crippen molar-refractivity contribution in [3.05, 3.63) is 34.9 Å². The average molecular weight is 247 g/mol. The normalized spacial score (nSPS) is 21.1. The van der Waals surface area contributed by atoms with Crippen molar-refractivity contribution in [1.29, 1.82) is 0 Å². The van der Waals surface area contributed by atoms with Crippen molar-refractivity contribution >= 4 is 5.91 Å². The third-order valence-corrected chi connectivity index (χ3v) is 3.57. The molecule has 18 heavy (non-hydrogen) atoms. The quantitative estimate of drug-likeness (QED) is 0.868. The van der Waals surface area contributed by atoms with Crippen LogP contribution < -0.4 is 0 Å². The smallest absolute Gasteiger partial charge is 0.251 e. The second-order valence-corrected chi connectivity index (χ2v) is 5.37. The predicted molar refractivity (Wildman–Crippen MR) is 71.5 cm³/mol. The van der Waals surface area contributed by atoms with Crippen LogP contribution in [-0.4, -0.2) is 35.1 Å². The Morgan fingerprint density at radius 3 is 2.50 bits per heavy atom. The summed E-state index contributed by atoms with van der Waals surface area (Å²) in [6.07, 6.45) is 0.101. The van der Waals surface area contributed by atoms with E-state index < -0.39 is 6.10 Å². The second-order valence-electron chi connectivity index (χ2n) is 5.37. The summed E-state index contributed by atoms with van der Waals surface area (Å²) >= 11 is 0. The lowest BCUT2D eigenvalue weighted by Crippen LogP contribution is -2.35. The zero-order chi connectivity index (χ0) is 13.3. The Kier molecular flexibility index (Phi) is 3.71. The van der Waals surface area contributed by atoms with Gasteiger partial charge in [-0.3, -0.25) is 4.79 Å². The first-order valence-electron chi connectivity index (χ1n) is 6.52. The van der Waals surface area contributed by atoms with Crippen molar-refractivity contribution in [2.75, 3.05) is 13.1 Å². The van der Waals surface area contributed by atoms with Gasteiger partial charge in [-0.1, -0.05) is 29.3 Å². The summed E-state index contributed by atoms with van der Waals surface area (Å²) in [6.45, 7) is 7.22. The molecule has 0 aliphatic carbocycles. The fourth-order valence-electron chi connectivity index (χ4n) is 2.74. The number of aliphatic hydroxyl groups excluding tert-OH is 1. The zero-order valence-corrected chi connectivity index (χ0v) is 11.3. The van der Waals surface area contributed by atoms with Gasteiger partial charge in [0.2, 0.25) is 0 Å². The minimum atomic E-state index is -0.886. The molecule has 1 fully saturated rings. The minimum absolute atomic E-state index is 0.151. The summed E-state index contributed by atoms with van der Waals surface area (Å²) in [7, 11) is 0. The highest BCUT2D eigenvalue weighted by atomic mass is 16.3. The first-order chi connectivity index (χ1) is 8.47. The maximum absolute atomic E-state index is 11.7. The van der Waals surface area contributed by atoms with E-state index in [4.69, 9.17) is 0 Å². The number of benzene rings is 1. The summed E-state index contributed by atoms with van der Waals surface area (Å²) in [6, 6.07) is 6.57. The Bertz CT molecular complexity index is 434. The van der Waals surface area contributed by atoms with Crippen molar-refractivity contribution in [3.8, 4) is 0 Å². The van der Waals surface area contributed by atoms with E-state index in [1.54, 1.807) is 4.90 Å². The zero-order valence-electron chi connectivity index (χ0n) is 11.3. The van der Waals surface area contributed by atoms with E-state index in [0.717, 1.165) is 19.5 Å². The third-order valence-electron chi connectivity index (χ3n) is 3.57. The molecular formula is C15H21NO2. The maximum Gasteiger partial charge on any atom is 0.251 e. The largest absolute Gasteiger partial charge is 0.384 e. The molecule has 1 aromatic rings. The summed E-state index contributed by atoms with van der Waals surface area (Å²) in [5.74, 6) is 0.258. The standard InChI is InChI=1S/C15H21NO2/c1-10-6-11(2)8-14(7-10)13-4-5-16(9-13)15(18)12(3)17/h6-8,12-13,17H,4-5,9H2,1-3H3/t12-,13-/m1/s1. The van der Waals surface area contributed by atoms with Crippen LogP contribution in [0.2, 0.25) is 0 Å². The molecule has 0 saturated carbocycles. The van der Waals surface area contributed by atoms with Gasteiger partial charge >= 0.3 is 0 Å². The Hall–Kier alpha value is -1.35. The molecule has 1 aliphatic rings. The van der Waals surface area contributed by atoms with Crippen LogP contribution in [0.1, 0.15) is 36.0 Å². The first-order valence-corrected chi connectivity index (χ1v) is 6.52. The van der Waals surface area contributed by atoms with Crippen molar-refractivity contribution in [2.45, 2.75) is 39.2 Å². The molecule has 0 unspecified atom stereocenters. The van der Waals surface area contributed by atoms with Gasteiger partial charge < -0.3 is 10.0 Å². The lowest BCUT2D eigenvalue weighted by Gasteiger charge is -2.18. The van der Waals surface area contributed by atoms with E-state index in [0.29, 0.717) is 5.92 Å². The molecule has 1 saturated heterocycles. The van der Waals surface area contributed by atoms with Crippen LogP contribution in [0.4, 0.5) is 0 Å². The van der Waals surface area contributed by atoms with Crippen LogP contribution in [0.15, 0.2) is 18.2 Å². The van der Waals surface area contributed by atoms with Gasteiger partial charge in [0.15, 0.2) is 0 Å². The Labute approximate surface area is 108 Å². The van der Waals surface area contributed by atoms with Gasteiger partial charge in [-0.15, -0.1) is 0 Å². The van der Waals surface area contributed by atoms with Crippen LogP contribution in [0.5, 0.6) is 0 Å². The van der Waals surface area contributed by atoms with Crippen molar-refractivity contribution in [3.63, 3.8) is 0 Å². The molecule has 1 aromatic carbocycles. The van der Waals surface area contributed by atoms with E-state index in [1.807, 2.05) is 0 Å². The Morgan fingerprint density at radius 2 is 1.94 bits per heavy atom. The second kappa shape index (κ2) is 5.11. The maximum atomic E-state index is 11.7. The number of amides is 1. The number of likely N-dealkylation sites (tertiary alicyclic amines) is 1. The lowest BCUT2D eigenvalue weighted by molar-refractivity contribution is -0.138. The van der Waals surface area contributed by atoms with Gasteiger partial charge in [-0.2, -0.15) is 0 Å². The summed E-state index contributed by atoms with van der Waals surface area (Å²) < 4.78 is 0. The van der Waals surface area contributed by atoms with Crippen molar-refractivity contribution < 1.29 is 9.90 Å². The molecule has 3 heteroatoms. The highest BCUT2D eigenvalue weighted by molar-refractivity contribution is 5.80. The summed E-state index contributed by atoms with van der Waals surface area (Å²) in [4.78, 5) is 13.5. The highest BCUT2D eigenvalue weighted by Crippen LogP contribution is 2.28. The van der Waals surface area contributed by atoms with E-state index in [-0.39, 0.29) is 5.91 Å². The van der Waals surface area contributed by atoms with Crippen LogP contribution >= 0.6 is 0 Å². The number of hydrogen-bond acceptors (Lipinski definition) is 2. The number of carbonyl (C=O) groups is 1. The van der Waals surface area contributed by atoms with Gasteiger partial charge in [0.25, 0.3) is 5.91 Å². The molecule has 1 N–H and O–H groups in total. The minimum Gasteiger partial charge on any atom is -0.384 e. The van der Waals surface area contributed by atoms with Crippen LogP contribution in [0.25, 0.3) is 0 Å². The monoisotopic (exact) mass is 247 g/mol. The van der Waals surface area contributed by atoms with E-state index in [1.165, 1.54) is 23.6 Å². The molecular weight excluding hydrogens is 226 g/mol. The molecule has 2 atom stereocenters. The van der Waals surface area contributed by atoms with E-state index in [9.17, 15) is 9.90 Å². The first kappa shape index (κ1) is 13.1. The molecule has 0 spiro atoms. The summed E-state index contributed by atoms with van der Waals surface area (Å²) in [5, 5.41) is 9.34. The lowest BCUT2D eigenvalue weighted by atomic mass is 9.95. The molecule has 1 amide bonds. The SMILES string of the molecule is Cc1cc(C)cc([C@@H]2CCN(C(=O)[C@@H](C)O)C2)c1. The van der Waals surface area contributed by atoms with Gasteiger partial charge in [0.05, 0.1) is 0 Å². The molecule has 1 aliphatic heterocycles. The molecule has 2 rings (SSSR count). The van der Waals surface area contributed by atoms with Crippen molar-refractivity contribution in [2.24, 2.45) is 0 Å². The fourth-order valence-corrected chi connectivity index (χ4v) is 2.74. The molecule has 3 nitrogen and oxygen atoms in total. The number of nitrogens with zero attached hydrogens (tertiary/aromatic N) is 1. The number of aryl methyl sites for hydroxylation is 2. The number of aliphatic hydroxyl groups is 1. The molecule has 0 aromatic heterocycles. The molecule has 1 heterocycles. The van der Waals surface area contributed by atoms with Crippen LogP contribution in [0.3, 0.4) is 0 Å². The number of rotatable bonds is 2. The van der Waals surface area contributed by atoms with Gasteiger partial charge in [-0.05, 0) is 32.8 Å². The van der Waals surface area contributed by atoms with Crippen LogP contribution in [0, 0.1) is 13.8 Å².